The van der Waals surface area contributed by atoms with E-state index in [1.807, 2.05) is 13.8 Å². The molecule has 2 rings (SSSR count). The minimum absolute atomic E-state index is 0.00223. The molecule has 2 aromatic carbocycles. The first-order valence-corrected chi connectivity index (χ1v) is 17.0. The number of hydrazine groups is 2. The van der Waals surface area contributed by atoms with E-state index in [1.54, 1.807) is 24.3 Å². The molecule has 0 bridgehead atoms. The van der Waals surface area contributed by atoms with Crippen molar-refractivity contribution in [3.05, 3.63) is 58.7 Å². The molecule has 46 heavy (non-hydrogen) atoms. The molecule has 0 aliphatic rings. The molecule has 0 aliphatic heterocycles. The summed E-state index contributed by atoms with van der Waals surface area (Å²) >= 11 is 0. The van der Waals surface area contributed by atoms with Crippen molar-refractivity contribution in [3.63, 3.8) is 0 Å². The largest absolute Gasteiger partial charge is 0.507 e. The van der Waals surface area contributed by atoms with Crippen LogP contribution in [0.5, 0.6) is 11.5 Å². The summed E-state index contributed by atoms with van der Waals surface area (Å²) < 4.78 is 0. The molecule has 0 heterocycles. The number of amides is 4. The molecule has 0 unspecified atom stereocenters. The van der Waals surface area contributed by atoms with Crippen molar-refractivity contribution >= 4 is 23.6 Å². The first-order valence-electron chi connectivity index (χ1n) is 17.0. The molecule has 0 saturated heterocycles. The Bertz CT molecular complexity index is 1210. The number of carbonyl (C=O) groups is 4. The lowest BCUT2D eigenvalue weighted by Gasteiger charge is -2.31. The van der Waals surface area contributed by atoms with Crippen LogP contribution in [0.3, 0.4) is 0 Å². The van der Waals surface area contributed by atoms with Crippen molar-refractivity contribution in [2.24, 2.45) is 5.41 Å². The van der Waals surface area contributed by atoms with Crippen LogP contribution in [0.2, 0.25) is 0 Å². The third-order valence-electron chi connectivity index (χ3n) is 8.36. The lowest BCUT2D eigenvalue weighted by Crippen LogP contribution is -2.58. The maximum Gasteiger partial charge on any atom is 0.273 e. The number of carbonyl (C=O) groups excluding carboxylic acids is 4. The molecule has 0 aliphatic carbocycles. The topological polar surface area (TPSA) is 157 Å². The highest BCUT2D eigenvalue weighted by molar-refractivity contribution is 6.07. The first kappa shape index (κ1) is 38.1. The minimum atomic E-state index is -1.60. The number of unbranched alkanes of at least 4 members (excludes halogenated alkanes) is 7. The number of aromatic hydroxyl groups is 2. The van der Waals surface area contributed by atoms with Gasteiger partial charge in [-0.15, -0.1) is 0 Å². The summed E-state index contributed by atoms with van der Waals surface area (Å²) in [6, 6.07) is 9.68. The van der Waals surface area contributed by atoms with Gasteiger partial charge < -0.3 is 10.2 Å². The van der Waals surface area contributed by atoms with E-state index >= 15 is 0 Å². The van der Waals surface area contributed by atoms with Gasteiger partial charge in [0.1, 0.15) is 16.9 Å². The van der Waals surface area contributed by atoms with Crippen molar-refractivity contribution in [2.45, 2.75) is 124 Å². The van der Waals surface area contributed by atoms with Gasteiger partial charge in [0.15, 0.2) is 0 Å². The standard InChI is InChI=1S/C36H54N4O6/c1-5-9-13-16-26-18-20-28(30(41)24-26)32(43)37-39-34(45)36(22-12-8-4,23-15-11-7-3)35(46)40-38-33(44)29-21-19-27(25-31(29)42)17-14-10-6-2/h18-21,24-25,41-42H,5-17,22-23H2,1-4H3,(H,37,43)(H,38,44)(H,39,45)(H,40,46). The Kier molecular flexibility index (Phi) is 16.7. The summed E-state index contributed by atoms with van der Waals surface area (Å²) in [4.78, 5) is 53.4. The highest BCUT2D eigenvalue weighted by atomic mass is 16.3. The van der Waals surface area contributed by atoms with Crippen LogP contribution in [0.4, 0.5) is 0 Å². The normalized spacial score (nSPS) is 11.1. The Morgan fingerprint density at radius 3 is 1.33 bits per heavy atom. The SMILES string of the molecule is CCCCCc1ccc(C(=O)NNC(=O)C(CCCC)(CCCCC)C(=O)NNC(=O)c2ccc(CCCCC)cc2O)c(O)c1. The average molecular weight is 639 g/mol. The van der Waals surface area contributed by atoms with Gasteiger partial charge in [0, 0.05) is 0 Å². The molecule has 0 fully saturated rings. The van der Waals surface area contributed by atoms with Gasteiger partial charge in [-0.25, -0.2) is 0 Å². The molecule has 0 spiro atoms. The van der Waals surface area contributed by atoms with E-state index in [-0.39, 0.29) is 35.5 Å². The van der Waals surface area contributed by atoms with Crippen LogP contribution in [-0.2, 0) is 22.4 Å². The molecule has 0 aromatic heterocycles. The van der Waals surface area contributed by atoms with Crippen LogP contribution in [0, 0.1) is 5.41 Å². The first-order chi connectivity index (χ1) is 22.1. The van der Waals surface area contributed by atoms with E-state index in [0.29, 0.717) is 19.3 Å². The zero-order chi connectivity index (χ0) is 34.0. The summed E-state index contributed by atoms with van der Waals surface area (Å²) in [5.74, 6) is -3.26. The van der Waals surface area contributed by atoms with E-state index in [4.69, 9.17) is 0 Å². The molecule has 0 saturated carbocycles. The highest BCUT2D eigenvalue weighted by Crippen LogP contribution is 2.32. The Labute approximate surface area is 274 Å². The summed E-state index contributed by atoms with van der Waals surface area (Å²) in [5, 5.41) is 21.0. The van der Waals surface area contributed by atoms with E-state index in [1.165, 1.54) is 12.1 Å². The van der Waals surface area contributed by atoms with E-state index in [9.17, 15) is 29.4 Å². The number of hydrogen-bond donors (Lipinski definition) is 6. The molecule has 0 radical (unpaired) electrons. The number of benzene rings is 2. The van der Waals surface area contributed by atoms with Crippen LogP contribution in [0.1, 0.15) is 143 Å². The second kappa shape index (κ2) is 20.1. The number of rotatable bonds is 19. The van der Waals surface area contributed by atoms with Gasteiger partial charge in [-0.05, 0) is 73.9 Å². The predicted molar refractivity (Wildman–Crippen MR) is 180 cm³/mol. The van der Waals surface area contributed by atoms with Crippen LogP contribution in [0.15, 0.2) is 36.4 Å². The van der Waals surface area contributed by atoms with Crippen molar-refractivity contribution < 1.29 is 29.4 Å². The Balaban J connectivity index is 2.18. The Hall–Kier alpha value is -4.08. The van der Waals surface area contributed by atoms with Crippen molar-refractivity contribution in [1.82, 2.24) is 21.7 Å². The van der Waals surface area contributed by atoms with E-state index in [2.05, 4.69) is 35.6 Å². The van der Waals surface area contributed by atoms with Gasteiger partial charge in [-0.1, -0.05) is 97.6 Å². The van der Waals surface area contributed by atoms with Crippen LogP contribution in [0.25, 0.3) is 0 Å². The van der Waals surface area contributed by atoms with E-state index < -0.39 is 29.0 Å². The summed E-state index contributed by atoms with van der Waals surface area (Å²) in [7, 11) is 0. The lowest BCUT2D eigenvalue weighted by atomic mass is 9.76. The lowest BCUT2D eigenvalue weighted by molar-refractivity contribution is -0.146. The quantitative estimate of drug-likeness (QED) is 0.0583. The fraction of sp³-hybridized carbons (Fsp3) is 0.556. The smallest absolute Gasteiger partial charge is 0.273 e. The van der Waals surface area contributed by atoms with Gasteiger partial charge in [0.2, 0.25) is 0 Å². The number of aryl methyl sites for hydroxylation is 2. The maximum absolute atomic E-state index is 13.7. The zero-order valence-corrected chi connectivity index (χ0v) is 28.1. The van der Waals surface area contributed by atoms with Crippen molar-refractivity contribution in [2.75, 3.05) is 0 Å². The molecular formula is C36H54N4O6. The molecule has 6 N–H and O–H groups in total. The second-order valence-corrected chi connectivity index (χ2v) is 12.1. The number of phenols is 2. The third kappa shape index (κ3) is 11.4. The molecule has 10 heteroatoms. The molecule has 254 valence electrons. The van der Waals surface area contributed by atoms with Gasteiger partial charge in [0.05, 0.1) is 11.1 Å². The summed E-state index contributed by atoms with van der Waals surface area (Å²) in [6.45, 7) is 8.18. The Morgan fingerprint density at radius 1 is 0.543 bits per heavy atom. The van der Waals surface area contributed by atoms with Crippen LogP contribution in [-0.4, -0.2) is 33.8 Å². The predicted octanol–water partition coefficient (Wildman–Crippen LogP) is 6.54. The fourth-order valence-corrected chi connectivity index (χ4v) is 5.45. The van der Waals surface area contributed by atoms with E-state index in [0.717, 1.165) is 75.3 Å². The van der Waals surface area contributed by atoms with Gasteiger partial charge in [0.25, 0.3) is 23.6 Å². The minimum Gasteiger partial charge on any atom is -0.507 e. The van der Waals surface area contributed by atoms with Crippen molar-refractivity contribution in [3.8, 4) is 11.5 Å². The number of hydrogen-bond acceptors (Lipinski definition) is 6. The summed E-state index contributed by atoms with van der Waals surface area (Å²) in [6.07, 6.45) is 11.7. The third-order valence-corrected chi connectivity index (χ3v) is 8.36. The van der Waals surface area contributed by atoms with Crippen LogP contribution >= 0.6 is 0 Å². The average Bonchev–Trinajstić information content (AvgIpc) is 3.04. The van der Waals surface area contributed by atoms with Crippen LogP contribution < -0.4 is 21.7 Å². The maximum atomic E-state index is 13.7. The monoisotopic (exact) mass is 638 g/mol. The molecule has 2 aromatic rings. The fourth-order valence-electron chi connectivity index (χ4n) is 5.45. The summed E-state index contributed by atoms with van der Waals surface area (Å²) in [5.41, 5.74) is 9.78. The highest BCUT2D eigenvalue weighted by Gasteiger charge is 2.45. The number of phenolic OH excluding ortho intramolecular Hbond substituents is 2. The molecular weight excluding hydrogens is 584 g/mol. The second-order valence-electron chi connectivity index (χ2n) is 12.1. The number of nitrogens with one attached hydrogen (secondary N) is 4. The van der Waals surface area contributed by atoms with Crippen molar-refractivity contribution in [1.29, 1.82) is 0 Å². The van der Waals surface area contributed by atoms with Gasteiger partial charge in [-0.3, -0.25) is 40.9 Å². The van der Waals surface area contributed by atoms with Gasteiger partial charge in [-0.2, -0.15) is 0 Å². The molecule has 10 nitrogen and oxygen atoms in total. The van der Waals surface area contributed by atoms with Gasteiger partial charge >= 0.3 is 0 Å². The zero-order valence-electron chi connectivity index (χ0n) is 28.1. The molecule has 4 amide bonds. The Morgan fingerprint density at radius 2 is 0.935 bits per heavy atom. The molecule has 0 atom stereocenters.